The average molecular weight is 293 g/mol. The summed E-state index contributed by atoms with van der Waals surface area (Å²) in [7, 11) is -7.44. The Balaban J connectivity index is 2.84. The van der Waals surface area contributed by atoms with Crippen LogP contribution in [0.4, 0.5) is 5.69 Å². The Bertz CT molecular complexity index is 638. The molecule has 0 amide bonds. The third kappa shape index (κ3) is 4.26. The molecule has 0 aliphatic carbocycles. The van der Waals surface area contributed by atoms with Crippen molar-refractivity contribution in [2.45, 2.75) is 11.8 Å². The highest BCUT2D eigenvalue weighted by Gasteiger charge is 2.15. The van der Waals surface area contributed by atoms with Gasteiger partial charge in [-0.3, -0.25) is 0 Å². The van der Waals surface area contributed by atoms with Crippen LogP contribution < -0.4 is 15.6 Å². The van der Waals surface area contributed by atoms with Crippen LogP contribution in [-0.4, -0.2) is 29.1 Å². The molecule has 0 aliphatic heterocycles. The van der Waals surface area contributed by atoms with E-state index in [9.17, 15) is 16.8 Å². The monoisotopic (exact) mass is 293 g/mol. The topological polar surface area (TPSA) is 132 Å². The molecule has 0 bridgehead atoms. The Hall–Kier alpha value is -1.16. The molecule has 0 saturated heterocycles. The number of nitrogens with two attached hydrogens (primary N) is 2. The zero-order valence-corrected chi connectivity index (χ0v) is 11.4. The van der Waals surface area contributed by atoms with Crippen LogP contribution in [0.1, 0.15) is 5.56 Å². The van der Waals surface area contributed by atoms with Gasteiger partial charge in [-0.25, -0.2) is 26.7 Å². The Morgan fingerprint density at radius 1 is 1.22 bits per heavy atom. The SMILES string of the molecule is Cc1cc(S(=O)(=O)NCCS(N)(=O)=O)ccc1N. The minimum Gasteiger partial charge on any atom is -0.399 e. The minimum atomic E-state index is -3.75. The maximum absolute atomic E-state index is 11.8. The van der Waals surface area contributed by atoms with E-state index < -0.39 is 25.8 Å². The summed E-state index contributed by atoms with van der Waals surface area (Å²) in [5.74, 6) is -0.458. The van der Waals surface area contributed by atoms with Crippen LogP contribution in [-0.2, 0) is 20.0 Å². The molecule has 0 unspecified atom stereocenters. The summed E-state index contributed by atoms with van der Waals surface area (Å²) in [4.78, 5) is 0.0311. The molecular formula is C9H15N3O4S2. The summed E-state index contributed by atoms with van der Waals surface area (Å²) in [6.45, 7) is 1.41. The number of nitrogens with one attached hydrogen (secondary N) is 1. The molecular weight excluding hydrogens is 278 g/mol. The molecule has 0 spiro atoms. The Kier molecular flexibility index (Phi) is 4.32. The highest BCUT2D eigenvalue weighted by atomic mass is 32.2. The number of primary sulfonamides is 1. The molecule has 1 aromatic carbocycles. The van der Waals surface area contributed by atoms with Crippen molar-refractivity contribution < 1.29 is 16.8 Å². The van der Waals surface area contributed by atoms with Gasteiger partial charge < -0.3 is 5.73 Å². The van der Waals surface area contributed by atoms with E-state index in [0.29, 0.717) is 11.3 Å². The molecule has 7 nitrogen and oxygen atoms in total. The molecule has 102 valence electrons. The van der Waals surface area contributed by atoms with Gasteiger partial charge in [-0.15, -0.1) is 0 Å². The van der Waals surface area contributed by atoms with Gasteiger partial charge in [-0.2, -0.15) is 0 Å². The Morgan fingerprint density at radius 3 is 2.33 bits per heavy atom. The molecule has 18 heavy (non-hydrogen) atoms. The number of hydrogen-bond donors (Lipinski definition) is 3. The van der Waals surface area contributed by atoms with Gasteiger partial charge in [-0.05, 0) is 30.7 Å². The molecule has 0 aromatic heterocycles. The van der Waals surface area contributed by atoms with Crippen LogP contribution in [0.25, 0.3) is 0 Å². The van der Waals surface area contributed by atoms with Crippen molar-refractivity contribution in [2.24, 2.45) is 5.14 Å². The second kappa shape index (κ2) is 5.22. The van der Waals surface area contributed by atoms with Crippen molar-refractivity contribution >= 4 is 25.7 Å². The molecule has 0 aliphatic rings. The first-order valence-corrected chi connectivity index (χ1v) is 8.18. The molecule has 0 saturated carbocycles. The number of rotatable bonds is 5. The lowest BCUT2D eigenvalue weighted by atomic mass is 10.2. The van der Waals surface area contributed by atoms with Crippen LogP contribution in [0.5, 0.6) is 0 Å². The van der Waals surface area contributed by atoms with Crippen molar-refractivity contribution in [1.82, 2.24) is 4.72 Å². The van der Waals surface area contributed by atoms with Gasteiger partial charge in [0.05, 0.1) is 10.6 Å². The highest BCUT2D eigenvalue weighted by Crippen LogP contribution is 2.16. The Labute approximate surface area is 106 Å². The highest BCUT2D eigenvalue weighted by molar-refractivity contribution is 7.90. The lowest BCUT2D eigenvalue weighted by Crippen LogP contribution is -2.31. The third-order valence-corrected chi connectivity index (χ3v) is 4.46. The predicted molar refractivity (Wildman–Crippen MR) is 68.8 cm³/mol. The van der Waals surface area contributed by atoms with Gasteiger partial charge in [0.2, 0.25) is 20.0 Å². The van der Waals surface area contributed by atoms with Gasteiger partial charge in [0.1, 0.15) is 0 Å². The van der Waals surface area contributed by atoms with Gasteiger partial charge in [0.15, 0.2) is 0 Å². The number of hydrogen-bond acceptors (Lipinski definition) is 5. The fourth-order valence-electron chi connectivity index (χ4n) is 1.22. The first kappa shape index (κ1) is 14.9. The summed E-state index contributed by atoms with van der Waals surface area (Å²) < 4.78 is 47.1. The van der Waals surface area contributed by atoms with Gasteiger partial charge in [0, 0.05) is 12.2 Å². The summed E-state index contributed by atoms with van der Waals surface area (Å²) >= 11 is 0. The quantitative estimate of drug-likeness (QED) is 0.608. The summed E-state index contributed by atoms with van der Waals surface area (Å²) in [5, 5.41) is 4.77. The van der Waals surface area contributed by atoms with Gasteiger partial charge in [-0.1, -0.05) is 0 Å². The first-order chi connectivity index (χ1) is 8.12. The van der Waals surface area contributed by atoms with Gasteiger partial charge in [0.25, 0.3) is 0 Å². The molecule has 0 radical (unpaired) electrons. The first-order valence-electron chi connectivity index (χ1n) is 4.98. The normalized spacial score (nSPS) is 12.6. The minimum absolute atomic E-state index is 0.0311. The average Bonchev–Trinajstić information content (AvgIpc) is 2.19. The molecule has 0 atom stereocenters. The van der Waals surface area contributed by atoms with Crippen LogP contribution in [0.3, 0.4) is 0 Å². The van der Waals surface area contributed by atoms with E-state index in [2.05, 4.69) is 4.72 Å². The van der Waals surface area contributed by atoms with E-state index in [1.54, 1.807) is 6.92 Å². The standard InChI is InChI=1S/C9H15N3O4S2/c1-7-6-8(2-3-9(7)10)18(15,16)12-4-5-17(11,13)14/h2-3,6,12H,4-5,10H2,1H3,(H2,11,13,14). The van der Waals surface area contributed by atoms with E-state index in [-0.39, 0.29) is 11.4 Å². The molecule has 5 N–H and O–H groups in total. The summed E-state index contributed by atoms with van der Waals surface area (Å²) in [6, 6.07) is 4.24. The van der Waals surface area contributed by atoms with E-state index in [0.717, 1.165) is 0 Å². The van der Waals surface area contributed by atoms with Crippen molar-refractivity contribution in [3.8, 4) is 0 Å². The Morgan fingerprint density at radius 2 is 1.83 bits per heavy atom. The lowest BCUT2D eigenvalue weighted by Gasteiger charge is -2.08. The third-order valence-electron chi connectivity index (χ3n) is 2.23. The van der Waals surface area contributed by atoms with E-state index in [4.69, 9.17) is 10.9 Å². The van der Waals surface area contributed by atoms with Crippen LogP contribution in [0.15, 0.2) is 23.1 Å². The second-order valence-electron chi connectivity index (χ2n) is 3.78. The van der Waals surface area contributed by atoms with Crippen molar-refractivity contribution in [1.29, 1.82) is 0 Å². The maximum Gasteiger partial charge on any atom is 0.240 e. The second-order valence-corrected chi connectivity index (χ2v) is 7.28. The number of sulfonamides is 2. The zero-order chi connectivity index (χ0) is 14.0. The van der Waals surface area contributed by atoms with Crippen molar-refractivity contribution in [2.75, 3.05) is 18.0 Å². The smallest absolute Gasteiger partial charge is 0.240 e. The molecule has 0 fully saturated rings. The molecule has 1 aromatic rings. The van der Waals surface area contributed by atoms with E-state index >= 15 is 0 Å². The number of benzene rings is 1. The number of anilines is 1. The van der Waals surface area contributed by atoms with Crippen LogP contribution >= 0.6 is 0 Å². The lowest BCUT2D eigenvalue weighted by molar-refractivity contribution is 0.581. The summed E-state index contributed by atoms with van der Waals surface area (Å²) in [5.41, 5.74) is 6.69. The van der Waals surface area contributed by atoms with Gasteiger partial charge >= 0.3 is 0 Å². The summed E-state index contributed by atoms with van der Waals surface area (Å²) in [6.07, 6.45) is 0. The van der Waals surface area contributed by atoms with Crippen molar-refractivity contribution in [3.05, 3.63) is 23.8 Å². The zero-order valence-electron chi connectivity index (χ0n) is 9.75. The predicted octanol–water partition coefficient (Wildman–Crippen LogP) is -0.856. The van der Waals surface area contributed by atoms with E-state index in [1.165, 1.54) is 18.2 Å². The van der Waals surface area contributed by atoms with Crippen LogP contribution in [0, 0.1) is 6.92 Å². The van der Waals surface area contributed by atoms with Crippen LogP contribution in [0.2, 0.25) is 0 Å². The fourth-order valence-corrected chi connectivity index (χ4v) is 2.85. The molecule has 1 rings (SSSR count). The van der Waals surface area contributed by atoms with E-state index in [1.807, 2.05) is 0 Å². The molecule has 0 heterocycles. The largest absolute Gasteiger partial charge is 0.399 e. The fraction of sp³-hybridized carbons (Fsp3) is 0.333. The van der Waals surface area contributed by atoms with Crippen molar-refractivity contribution in [3.63, 3.8) is 0 Å². The maximum atomic E-state index is 11.8. The molecule has 9 heteroatoms. The number of nitrogen functional groups attached to an aromatic ring is 1. The number of aryl methyl sites for hydroxylation is 1.